The number of aromatic nitrogens is 1. The molecule has 1 aromatic heterocycles. The highest BCUT2D eigenvalue weighted by molar-refractivity contribution is 6.30. The number of anilines is 1. The highest BCUT2D eigenvalue weighted by Crippen LogP contribution is 2.22. The summed E-state index contributed by atoms with van der Waals surface area (Å²) >= 11 is 5.86. The van der Waals surface area contributed by atoms with Crippen LogP contribution in [-0.4, -0.2) is 36.5 Å². The van der Waals surface area contributed by atoms with Gasteiger partial charge in [-0.15, -0.1) is 0 Å². The number of benzene rings is 1. The van der Waals surface area contributed by atoms with E-state index >= 15 is 0 Å². The molecule has 8 heteroatoms. The fourth-order valence-corrected chi connectivity index (χ4v) is 3.09. The smallest absolute Gasteiger partial charge is 0.276 e. The van der Waals surface area contributed by atoms with Crippen LogP contribution in [0.3, 0.4) is 0 Å². The molecule has 0 bridgehead atoms. The van der Waals surface area contributed by atoms with Crippen LogP contribution in [0.15, 0.2) is 42.6 Å². The molecule has 0 unspecified atom stereocenters. The summed E-state index contributed by atoms with van der Waals surface area (Å²) in [4.78, 5) is 30.6. The van der Waals surface area contributed by atoms with Gasteiger partial charge in [0.1, 0.15) is 11.6 Å². The van der Waals surface area contributed by atoms with Crippen molar-refractivity contribution in [2.75, 3.05) is 24.6 Å². The van der Waals surface area contributed by atoms with Gasteiger partial charge >= 0.3 is 0 Å². The molecule has 2 heterocycles. The minimum atomic E-state index is -0.406. The van der Waals surface area contributed by atoms with Crippen molar-refractivity contribution in [2.24, 2.45) is 5.92 Å². The van der Waals surface area contributed by atoms with Gasteiger partial charge in [-0.25, -0.2) is 4.98 Å². The number of pyridine rings is 1. The molecule has 148 valence electrons. The Balaban J connectivity index is 1.37. The lowest BCUT2D eigenvalue weighted by molar-refractivity contribution is -0.132. The van der Waals surface area contributed by atoms with Crippen molar-refractivity contribution in [3.05, 3.63) is 53.2 Å². The quantitative estimate of drug-likeness (QED) is 0.751. The van der Waals surface area contributed by atoms with Crippen LogP contribution in [0.1, 0.15) is 18.4 Å². The van der Waals surface area contributed by atoms with Crippen molar-refractivity contribution in [3.8, 4) is 5.75 Å². The lowest BCUT2D eigenvalue weighted by Crippen LogP contribution is -2.48. The first kappa shape index (κ1) is 19.9. The molecule has 0 saturated carbocycles. The van der Waals surface area contributed by atoms with Crippen molar-refractivity contribution in [2.45, 2.75) is 19.8 Å². The number of hydrogen-bond acceptors (Lipinski definition) is 5. The fraction of sp³-hybridized carbons (Fsp3) is 0.350. The maximum absolute atomic E-state index is 12.3. The summed E-state index contributed by atoms with van der Waals surface area (Å²) in [5.74, 6) is 0.714. The van der Waals surface area contributed by atoms with Gasteiger partial charge in [0.25, 0.3) is 5.91 Å². The van der Waals surface area contributed by atoms with Crippen LogP contribution >= 0.6 is 11.6 Å². The molecule has 1 aromatic carbocycles. The normalized spacial score (nSPS) is 14.4. The van der Waals surface area contributed by atoms with E-state index in [1.54, 1.807) is 24.4 Å². The summed E-state index contributed by atoms with van der Waals surface area (Å²) in [6, 6.07) is 11.1. The zero-order valence-corrected chi connectivity index (χ0v) is 16.4. The van der Waals surface area contributed by atoms with Crippen molar-refractivity contribution < 1.29 is 14.3 Å². The Hall–Kier alpha value is -2.80. The Morgan fingerprint density at radius 3 is 2.50 bits per heavy atom. The summed E-state index contributed by atoms with van der Waals surface area (Å²) in [7, 11) is 0. The first-order valence-corrected chi connectivity index (χ1v) is 9.54. The largest absolute Gasteiger partial charge is 0.484 e. The first-order chi connectivity index (χ1) is 13.5. The van der Waals surface area contributed by atoms with E-state index in [-0.39, 0.29) is 18.4 Å². The Labute approximate surface area is 169 Å². The molecule has 1 aliphatic rings. The molecular formula is C20H23ClN4O3. The second-order valence-electron chi connectivity index (χ2n) is 6.74. The van der Waals surface area contributed by atoms with Gasteiger partial charge in [-0.3, -0.25) is 20.4 Å². The summed E-state index contributed by atoms with van der Waals surface area (Å²) in [6.45, 7) is 3.25. The third-order valence-electron chi connectivity index (χ3n) is 4.62. The maximum Gasteiger partial charge on any atom is 0.276 e. The molecule has 0 radical (unpaired) electrons. The molecule has 1 saturated heterocycles. The molecule has 0 atom stereocenters. The average molecular weight is 403 g/mol. The highest BCUT2D eigenvalue weighted by Gasteiger charge is 2.25. The van der Waals surface area contributed by atoms with Crippen LogP contribution in [0.25, 0.3) is 0 Å². The van der Waals surface area contributed by atoms with Gasteiger partial charge in [0.2, 0.25) is 5.91 Å². The fourth-order valence-electron chi connectivity index (χ4n) is 2.98. The maximum atomic E-state index is 12.3. The van der Waals surface area contributed by atoms with Gasteiger partial charge in [-0.05, 0) is 44.0 Å². The second kappa shape index (κ2) is 9.41. The predicted octanol–water partition coefficient (Wildman–Crippen LogP) is 2.49. The molecule has 2 aromatic rings. The van der Waals surface area contributed by atoms with E-state index in [4.69, 9.17) is 16.3 Å². The molecule has 0 spiro atoms. The molecule has 3 rings (SSSR count). The zero-order chi connectivity index (χ0) is 19.9. The van der Waals surface area contributed by atoms with Gasteiger partial charge in [-0.1, -0.05) is 29.3 Å². The van der Waals surface area contributed by atoms with E-state index in [0.717, 1.165) is 24.5 Å². The third-order valence-corrected chi connectivity index (χ3v) is 4.84. The van der Waals surface area contributed by atoms with Gasteiger partial charge < -0.3 is 9.64 Å². The Kier molecular flexibility index (Phi) is 6.71. The van der Waals surface area contributed by atoms with Gasteiger partial charge in [0, 0.05) is 25.2 Å². The van der Waals surface area contributed by atoms with Crippen molar-refractivity contribution in [1.82, 2.24) is 15.8 Å². The number of amides is 2. The number of aryl methyl sites for hydroxylation is 1. The predicted molar refractivity (Wildman–Crippen MR) is 107 cm³/mol. The topological polar surface area (TPSA) is 83.6 Å². The number of halogens is 1. The Morgan fingerprint density at radius 2 is 1.86 bits per heavy atom. The van der Waals surface area contributed by atoms with Crippen LogP contribution in [0, 0.1) is 12.8 Å². The van der Waals surface area contributed by atoms with Crippen LogP contribution in [0.5, 0.6) is 5.75 Å². The van der Waals surface area contributed by atoms with E-state index in [9.17, 15) is 9.59 Å². The number of ether oxygens (including phenoxy) is 1. The van der Waals surface area contributed by atoms with E-state index < -0.39 is 5.91 Å². The lowest BCUT2D eigenvalue weighted by Gasteiger charge is -2.32. The van der Waals surface area contributed by atoms with E-state index in [2.05, 4.69) is 20.7 Å². The minimum Gasteiger partial charge on any atom is -0.484 e. The molecular weight excluding hydrogens is 380 g/mol. The molecule has 28 heavy (non-hydrogen) atoms. The molecule has 1 aliphatic heterocycles. The van der Waals surface area contributed by atoms with Crippen LogP contribution in [0.2, 0.25) is 5.02 Å². The second-order valence-corrected chi connectivity index (χ2v) is 7.17. The summed E-state index contributed by atoms with van der Waals surface area (Å²) in [6.07, 6.45) is 2.99. The Morgan fingerprint density at radius 1 is 1.14 bits per heavy atom. The van der Waals surface area contributed by atoms with Gasteiger partial charge in [-0.2, -0.15) is 0 Å². The molecule has 2 N–H and O–H groups in total. The number of hydrazine groups is 1. The standard InChI is InChI=1S/C20H23ClN4O3/c1-14-2-5-17(6-3-14)28-13-19(26)23-24-20(27)15-8-10-25(11-9-15)18-7-4-16(21)12-22-18/h2-7,12,15H,8-11,13H2,1H3,(H,23,26)(H,24,27). The van der Waals surface area contributed by atoms with Gasteiger partial charge in [0.05, 0.1) is 5.02 Å². The first-order valence-electron chi connectivity index (χ1n) is 9.16. The van der Waals surface area contributed by atoms with Crippen LogP contribution in [0.4, 0.5) is 5.82 Å². The summed E-state index contributed by atoms with van der Waals surface area (Å²) < 4.78 is 5.39. The number of rotatable bonds is 5. The molecule has 0 aliphatic carbocycles. The average Bonchev–Trinajstić information content (AvgIpc) is 2.72. The van der Waals surface area contributed by atoms with E-state index in [1.807, 2.05) is 25.1 Å². The van der Waals surface area contributed by atoms with Gasteiger partial charge in [0.15, 0.2) is 6.61 Å². The molecule has 7 nitrogen and oxygen atoms in total. The van der Waals surface area contributed by atoms with E-state index in [1.165, 1.54) is 0 Å². The highest BCUT2D eigenvalue weighted by atomic mass is 35.5. The van der Waals surface area contributed by atoms with Crippen molar-refractivity contribution in [1.29, 1.82) is 0 Å². The third kappa shape index (κ3) is 5.60. The number of nitrogens with one attached hydrogen (secondary N) is 2. The molecule has 1 fully saturated rings. The number of carbonyl (C=O) groups is 2. The van der Waals surface area contributed by atoms with Crippen molar-refractivity contribution in [3.63, 3.8) is 0 Å². The number of nitrogens with zero attached hydrogens (tertiary/aromatic N) is 2. The molecule has 2 amide bonds. The zero-order valence-electron chi connectivity index (χ0n) is 15.7. The minimum absolute atomic E-state index is 0.151. The lowest BCUT2D eigenvalue weighted by atomic mass is 9.96. The Bertz CT molecular complexity index is 803. The summed E-state index contributed by atoms with van der Waals surface area (Å²) in [5.41, 5.74) is 6.01. The SMILES string of the molecule is Cc1ccc(OCC(=O)NNC(=O)C2CCN(c3ccc(Cl)cn3)CC2)cc1. The van der Waals surface area contributed by atoms with Crippen LogP contribution < -0.4 is 20.5 Å². The van der Waals surface area contributed by atoms with Crippen LogP contribution in [-0.2, 0) is 9.59 Å². The van der Waals surface area contributed by atoms with Crippen molar-refractivity contribution >= 4 is 29.2 Å². The monoisotopic (exact) mass is 402 g/mol. The van der Waals surface area contributed by atoms with E-state index in [0.29, 0.717) is 23.6 Å². The number of piperidine rings is 1. The number of hydrogen-bond donors (Lipinski definition) is 2. The summed E-state index contributed by atoms with van der Waals surface area (Å²) in [5, 5.41) is 0.597. The number of carbonyl (C=O) groups excluding carboxylic acids is 2.